The summed E-state index contributed by atoms with van der Waals surface area (Å²) in [6.45, 7) is 16.9. The first-order valence-electron chi connectivity index (χ1n) is 12.8. The Balaban J connectivity index is 2.57. The molecule has 194 valence electrons. The number of hydrogen-bond donors (Lipinski definition) is 0. The van der Waals surface area contributed by atoms with Crippen molar-refractivity contribution in [2.75, 3.05) is 27.3 Å². The lowest BCUT2D eigenvalue weighted by atomic mass is 10.1. The topological polar surface area (TPSA) is 48.0 Å². The van der Waals surface area contributed by atoms with E-state index in [2.05, 4.69) is 71.7 Å². The Labute approximate surface area is 210 Å². The molecule has 0 aromatic carbocycles. The first kappa shape index (κ1) is 30.6. The van der Waals surface area contributed by atoms with Gasteiger partial charge in [-0.05, 0) is 82.8 Å². The van der Waals surface area contributed by atoms with E-state index >= 15 is 0 Å². The minimum absolute atomic E-state index is 0.0301. The molecule has 0 radical (unpaired) electrons. The summed E-state index contributed by atoms with van der Waals surface area (Å²) in [5, 5.41) is 0.0973. The highest BCUT2D eigenvalue weighted by Gasteiger charge is 2.38. The number of hydrogen-bond acceptors (Lipinski definition) is 4. The van der Waals surface area contributed by atoms with Gasteiger partial charge in [0.2, 0.25) is 0 Å². The number of rotatable bonds is 11. The van der Waals surface area contributed by atoms with Crippen molar-refractivity contribution in [2.24, 2.45) is 0 Å². The first-order valence-corrected chi connectivity index (χ1v) is 15.7. The number of carbonyl (C=O) groups is 1. The van der Waals surface area contributed by atoms with Crippen LogP contribution in [0.4, 0.5) is 0 Å². The highest BCUT2D eigenvalue weighted by molar-refractivity contribution is 6.74. The van der Waals surface area contributed by atoms with Gasteiger partial charge in [-0.1, -0.05) is 50.0 Å². The smallest absolute Gasteiger partial charge is 0.298 e. The monoisotopic (exact) mass is 491 g/mol. The fourth-order valence-electron chi connectivity index (χ4n) is 3.20. The summed E-state index contributed by atoms with van der Waals surface area (Å²) in [5.74, 6) is 5.70. The summed E-state index contributed by atoms with van der Waals surface area (Å²) in [6.07, 6.45) is 11.3. The van der Waals surface area contributed by atoms with Crippen molar-refractivity contribution >= 4 is 14.2 Å². The molecule has 0 aromatic rings. The van der Waals surface area contributed by atoms with Gasteiger partial charge in [0.25, 0.3) is 5.91 Å². The second-order valence-corrected chi connectivity index (χ2v) is 15.9. The molecule has 0 aromatic heterocycles. The predicted molar refractivity (Wildman–Crippen MR) is 144 cm³/mol. The fraction of sp³-hybridized carbons (Fsp3) is 0.750. The lowest BCUT2D eigenvalue weighted by molar-refractivity contribution is -0.155. The first-order chi connectivity index (χ1) is 15.8. The molecular weight excluding hydrogens is 442 g/mol. The third-order valence-electron chi connectivity index (χ3n) is 6.67. The normalized spacial score (nSPS) is 18.8. The molecule has 1 rings (SSSR count). The molecule has 0 saturated carbocycles. The van der Waals surface area contributed by atoms with Crippen LogP contribution >= 0.6 is 0 Å². The molecule has 34 heavy (non-hydrogen) atoms. The van der Waals surface area contributed by atoms with Gasteiger partial charge in [0, 0.05) is 20.7 Å². The number of ether oxygens (including phenoxy) is 2. The Kier molecular flexibility index (Phi) is 13.4. The lowest BCUT2D eigenvalue weighted by Gasteiger charge is -2.38. The lowest BCUT2D eigenvalue weighted by Crippen LogP contribution is -2.43. The summed E-state index contributed by atoms with van der Waals surface area (Å²) in [6, 6.07) is 0. The quantitative estimate of drug-likeness (QED) is 0.189. The van der Waals surface area contributed by atoms with Crippen LogP contribution in [0.1, 0.15) is 79.6 Å². The summed E-state index contributed by atoms with van der Waals surface area (Å²) < 4.78 is 18.0. The highest BCUT2D eigenvalue weighted by Crippen LogP contribution is 2.37. The third-order valence-corrected chi connectivity index (χ3v) is 11.2. The average Bonchev–Trinajstić information content (AvgIpc) is 2.75. The molecular formula is C28H49NO4Si. The van der Waals surface area contributed by atoms with Crippen molar-refractivity contribution in [2.45, 2.75) is 110 Å². The van der Waals surface area contributed by atoms with Crippen LogP contribution in [0.2, 0.25) is 18.1 Å². The Morgan fingerprint density at radius 3 is 2.41 bits per heavy atom. The van der Waals surface area contributed by atoms with Crippen molar-refractivity contribution in [1.29, 1.82) is 0 Å². The van der Waals surface area contributed by atoms with E-state index in [1.54, 1.807) is 14.1 Å². The van der Waals surface area contributed by atoms with E-state index in [9.17, 15) is 4.79 Å². The van der Waals surface area contributed by atoms with Crippen LogP contribution in [0.15, 0.2) is 23.3 Å². The van der Waals surface area contributed by atoms with Crippen molar-refractivity contribution < 1.29 is 18.7 Å². The average molecular weight is 492 g/mol. The molecule has 0 N–H and O–H groups in total. The SMILES string of the molecule is C/C(=C\COC1CCCCO1)CC/C=C(\C)CCC(C#CC(=O)N(C)C)O[Si](C)(C)C(C)(C)C. The zero-order valence-corrected chi connectivity index (χ0v) is 24.3. The van der Waals surface area contributed by atoms with E-state index in [-0.39, 0.29) is 23.3 Å². The Morgan fingerprint density at radius 2 is 1.82 bits per heavy atom. The molecule has 1 heterocycles. The zero-order valence-electron chi connectivity index (χ0n) is 23.3. The standard InChI is InChI=1S/C28H49NO4Si/c1-23(13-12-14-24(2)20-22-32-27-15-10-11-21-31-27)16-17-25(18-19-26(30)29(6)7)33-34(8,9)28(3,4)5/h13,20,25,27H,10-12,14-17,21-22H2,1-9H3/b23-13+,24-20+. The summed E-state index contributed by atoms with van der Waals surface area (Å²) >= 11 is 0. The van der Waals surface area contributed by atoms with Crippen molar-refractivity contribution in [1.82, 2.24) is 4.90 Å². The van der Waals surface area contributed by atoms with Crippen LogP contribution < -0.4 is 0 Å². The van der Waals surface area contributed by atoms with E-state index in [4.69, 9.17) is 13.9 Å². The fourth-order valence-corrected chi connectivity index (χ4v) is 4.44. The Morgan fingerprint density at radius 1 is 1.15 bits per heavy atom. The number of allylic oxidation sites excluding steroid dienone is 3. The largest absolute Gasteiger partial charge is 0.403 e. The highest BCUT2D eigenvalue weighted by atomic mass is 28.4. The van der Waals surface area contributed by atoms with Crippen molar-refractivity contribution in [3.8, 4) is 11.8 Å². The van der Waals surface area contributed by atoms with Crippen LogP contribution in [0.5, 0.6) is 0 Å². The van der Waals surface area contributed by atoms with E-state index in [1.807, 2.05) is 0 Å². The van der Waals surface area contributed by atoms with Gasteiger partial charge in [-0.3, -0.25) is 4.79 Å². The van der Waals surface area contributed by atoms with Gasteiger partial charge in [0.1, 0.15) is 6.10 Å². The van der Waals surface area contributed by atoms with E-state index in [1.165, 1.54) is 22.5 Å². The van der Waals surface area contributed by atoms with Gasteiger partial charge >= 0.3 is 0 Å². The molecule has 1 saturated heterocycles. The number of carbonyl (C=O) groups excluding carboxylic acids is 1. The van der Waals surface area contributed by atoms with Crippen LogP contribution in [0, 0.1) is 11.8 Å². The van der Waals surface area contributed by atoms with Gasteiger partial charge in [-0.15, -0.1) is 0 Å². The molecule has 1 aliphatic heterocycles. The van der Waals surface area contributed by atoms with Crippen LogP contribution in [-0.4, -0.2) is 58.8 Å². The van der Waals surface area contributed by atoms with Gasteiger partial charge in [0.15, 0.2) is 14.6 Å². The van der Waals surface area contributed by atoms with Crippen LogP contribution in [0.3, 0.4) is 0 Å². The number of amides is 1. The summed E-state index contributed by atoms with van der Waals surface area (Å²) in [5.41, 5.74) is 2.68. The van der Waals surface area contributed by atoms with Gasteiger partial charge < -0.3 is 18.8 Å². The molecule has 0 aliphatic carbocycles. The maximum atomic E-state index is 12.0. The van der Waals surface area contributed by atoms with E-state index < -0.39 is 8.32 Å². The zero-order chi connectivity index (χ0) is 25.8. The van der Waals surface area contributed by atoms with Crippen molar-refractivity contribution in [3.63, 3.8) is 0 Å². The van der Waals surface area contributed by atoms with Gasteiger partial charge in [-0.2, -0.15) is 0 Å². The predicted octanol–water partition coefficient (Wildman–Crippen LogP) is 6.46. The minimum atomic E-state index is -1.98. The third kappa shape index (κ3) is 12.4. The summed E-state index contributed by atoms with van der Waals surface area (Å²) in [7, 11) is 1.46. The van der Waals surface area contributed by atoms with Gasteiger partial charge in [-0.25, -0.2) is 0 Å². The maximum Gasteiger partial charge on any atom is 0.298 e. The van der Waals surface area contributed by atoms with Crippen LogP contribution in [0.25, 0.3) is 0 Å². The molecule has 5 nitrogen and oxygen atoms in total. The molecule has 1 fully saturated rings. The van der Waals surface area contributed by atoms with E-state index in [0.29, 0.717) is 6.61 Å². The maximum absolute atomic E-state index is 12.0. The molecule has 2 atom stereocenters. The summed E-state index contributed by atoms with van der Waals surface area (Å²) in [4.78, 5) is 13.5. The second-order valence-electron chi connectivity index (χ2n) is 11.1. The molecule has 6 heteroatoms. The molecule has 1 aliphatic rings. The second kappa shape index (κ2) is 14.9. The minimum Gasteiger partial charge on any atom is -0.403 e. The van der Waals surface area contributed by atoms with E-state index in [0.717, 1.165) is 45.1 Å². The molecule has 2 unspecified atom stereocenters. The number of nitrogens with zero attached hydrogens (tertiary/aromatic N) is 1. The van der Waals surface area contributed by atoms with Crippen LogP contribution in [-0.2, 0) is 18.7 Å². The molecule has 0 spiro atoms. The van der Waals surface area contributed by atoms with Crippen molar-refractivity contribution in [3.05, 3.63) is 23.3 Å². The Bertz CT molecular complexity index is 747. The Hall–Kier alpha value is -1.39. The van der Waals surface area contributed by atoms with Gasteiger partial charge in [0.05, 0.1) is 6.61 Å². The molecule has 0 bridgehead atoms. The molecule has 1 amide bonds.